The second-order valence-electron chi connectivity index (χ2n) is 7.91. The summed E-state index contributed by atoms with van der Waals surface area (Å²) < 4.78 is 12.5. The topological polar surface area (TPSA) is 46.8 Å². The summed E-state index contributed by atoms with van der Waals surface area (Å²) in [5.41, 5.74) is 3.05. The molecular formula is C23H26ClN3O2Pr. The van der Waals surface area contributed by atoms with Crippen LogP contribution in [-0.4, -0.2) is 30.9 Å². The van der Waals surface area contributed by atoms with E-state index in [1.54, 1.807) is 17.0 Å². The maximum atomic E-state index is 12.6. The van der Waals surface area contributed by atoms with Crippen molar-refractivity contribution in [3.8, 4) is 11.4 Å². The zero-order valence-corrected chi connectivity index (χ0v) is 21.7. The molecule has 7 heteroatoms. The quantitative estimate of drug-likeness (QED) is 0.486. The van der Waals surface area contributed by atoms with Gasteiger partial charge >= 0.3 is 142 Å². The molecule has 4 rings (SSSR count). The molecule has 0 spiro atoms. The third kappa shape index (κ3) is 5.82. The monoisotopic (exact) mass is 552 g/mol. The number of hydrogen-bond acceptors (Lipinski definition) is 4. The second kappa shape index (κ2) is 10.5. The van der Waals surface area contributed by atoms with E-state index in [1.807, 2.05) is 18.2 Å². The Labute approximate surface area is 203 Å². The van der Waals surface area contributed by atoms with Gasteiger partial charge < -0.3 is 4.74 Å². The van der Waals surface area contributed by atoms with Crippen LogP contribution in [0.15, 0.2) is 63.6 Å². The minimum absolute atomic E-state index is 0.103. The van der Waals surface area contributed by atoms with Crippen LogP contribution < -0.4 is 10.3 Å². The van der Waals surface area contributed by atoms with Crippen molar-refractivity contribution in [2.24, 2.45) is 10.9 Å². The van der Waals surface area contributed by atoms with Crippen LogP contribution >= 0.6 is 11.6 Å². The number of halogens is 1. The van der Waals surface area contributed by atoms with Gasteiger partial charge in [-0.05, 0) is 12.8 Å². The Balaban J connectivity index is 1.33. The number of aliphatic imine (C=N–C) groups is 1. The van der Waals surface area contributed by atoms with Gasteiger partial charge in [0.2, 0.25) is 0 Å². The number of pyridine rings is 1. The van der Waals surface area contributed by atoms with Crippen molar-refractivity contribution in [2.75, 3.05) is 19.7 Å². The number of rotatable bonds is 8. The Morgan fingerprint density at radius 2 is 2.00 bits per heavy atom. The first kappa shape index (κ1) is 22.2. The summed E-state index contributed by atoms with van der Waals surface area (Å²) in [7, 11) is 0. The van der Waals surface area contributed by atoms with Crippen molar-refractivity contribution in [2.45, 2.75) is 28.2 Å². The van der Waals surface area contributed by atoms with Gasteiger partial charge in [0, 0.05) is 11.2 Å². The van der Waals surface area contributed by atoms with Crippen LogP contribution in [0.2, 0.25) is 2.51 Å². The third-order valence-electron chi connectivity index (χ3n) is 5.74. The van der Waals surface area contributed by atoms with Gasteiger partial charge in [0.05, 0.1) is 5.71 Å². The van der Waals surface area contributed by atoms with Crippen molar-refractivity contribution in [1.29, 1.82) is 0 Å². The zero-order chi connectivity index (χ0) is 20.9. The number of hydrogen-bond donors (Lipinski definition) is 0. The normalized spacial score (nSPS) is 17.0. The molecule has 0 radical (unpaired) electrons. The van der Waals surface area contributed by atoms with Crippen molar-refractivity contribution < 1.29 is 42.3 Å². The van der Waals surface area contributed by atoms with Crippen molar-refractivity contribution in [1.82, 2.24) is 5.49 Å². The van der Waals surface area contributed by atoms with E-state index in [-0.39, 0.29) is 5.56 Å². The molecule has 1 aromatic heterocycles. The minimum atomic E-state index is -0.519. The van der Waals surface area contributed by atoms with E-state index in [4.69, 9.17) is 16.3 Å². The number of ether oxygens (including phenoxy) is 1. The fourth-order valence-electron chi connectivity index (χ4n) is 3.79. The van der Waals surface area contributed by atoms with Crippen LogP contribution in [0, 0.1) is 43.4 Å². The van der Waals surface area contributed by atoms with E-state index in [0.29, 0.717) is 12.4 Å². The van der Waals surface area contributed by atoms with E-state index in [2.05, 4.69) is 20.6 Å². The van der Waals surface area contributed by atoms with Gasteiger partial charge in [-0.3, -0.25) is 4.99 Å². The molecule has 2 aromatic rings. The summed E-state index contributed by atoms with van der Waals surface area (Å²) >= 11 is 5.41. The average molecular weight is 553 g/mol. The molecule has 3 heterocycles. The standard InChI is InChI=1S/C22H23ClN3O2.CH3.Pr/c23-18-5-6-19(25-14-18)15-28-21-9-10-26(22(27)11-21)20-7-3-16(4-8-20)1-2-17-12-24-13-17;;/h3-4,7-11,14,17H,1-2,5-6,12-13,15H2;1H3;/q-1;;+1. The van der Waals surface area contributed by atoms with Crippen LogP contribution in [0.1, 0.15) is 24.8 Å². The first-order valence-corrected chi connectivity index (χ1v) is 16.2. The fourth-order valence-corrected chi connectivity index (χ4v) is 7.20. The summed E-state index contributed by atoms with van der Waals surface area (Å²) in [4.78, 5) is 16.8. The number of aromatic nitrogens is 1. The van der Waals surface area contributed by atoms with Gasteiger partial charge in [-0.1, -0.05) is 11.6 Å². The Kier molecular flexibility index (Phi) is 7.80. The van der Waals surface area contributed by atoms with E-state index >= 15 is 0 Å². The summed E-state index contributed by atoms with van der Waals surface area (Å²) in [5, 5.41) is 0.765. The van der Waals surface area contributed by atoms with Crippen LogP contribution in [0.3, 0.4) is 0 Å². The summed E-state index contributed by atoms with van der Waals surface area (Å²) in [6.45, 7) is 3.02. The van der Waals surface area contributed by atoms with Gasteiger partial charge in [-0.15, -0.1) is 0 Å². The van der Waals surface area contributed by atoms with Crippen LogP contribution in [0.5, 0.6) is 5.75 Å². The summed E-state index contributed by atoms with van der Waals surface area (Å²) in [6.07, 6.45) is 7.40. The van der Waals surface area contributed by atoms with Gasteiger partial charge in [0.25, 0.3) is 0 Å². The summed E-state index contributed by atoms with van der Waals surface area (Å²) in [5.74, 6) is 1.44. The van der Waals surface area contributed by atoms with Crippen LogP contribution in [0.25, 0.3) is 5.69 Å². The molecule has 1 aromatic carbocycles. The maximum absolute atomic E-state index is 12.6. The Morgan fingerprint density at radius 1 is 1.20 bits per heavy atom. The Bertz CT molecular complexity index is 994. The summed E-state index contributed by atoms with van der Waals surface area (Å²) in [6, 6.07) is 11.7. The van der Waals surface area contributed by atoms with Crippen molar-refractivity contribution in [3.63, 3.8) is 0 Å². The Hall–Kier alpha value is -1.01. The second-order valence-corrected chi connectivity index (χ2v) is 12.4. The molecule has 155 valence electrons. The molecule has 0 saturated carbocycles. The van der Waals surface area contributed by atoms with Crippen molar-refractivity contribution >= 4 is 17.3 Å². The molecular weight excluding hydrogens is 527 g/mol. The molecule has 0 amide bonds. The molecule has 0 N–H and O–H groups in total. The Morgan fingerprint density at radius 3 is 2.67 bits per heavy atom. The fraction of sp³-hybridized carbons (Fsp3) is 0.391. The molecule has 1 saturated heterocycles. The third-order valence-corrected chi connectivity index (χ3v) is 9.72. The van der Waals surface area contributed by atoms with E-state index in [0.717, 1.165) is 41.6 Å². The number of aryl methyl sites for hydroxylation is 1. The van der Waals surface area contributed by atoms with Gasteiger partial charge in [-0.25, -0.2) is 0 Å². The van der Waals surface area contributed by atoms with Gasteiger partial charge in [0.15, 0.2) is 0 Å². The predicted molar refractivity (Wildman–Crippen MR) is 117 cm³/mol. The van der Waals surface area contributed by atoms with Crippen LogP contribution in [-0.2, 0) is 6.42 Å². The SMILES string of the molecule is [CH3][Pr][N]1CC(CCc2ccc(-n3ccc(OCC4=NC=C(Cl)CC4)cc3=O)cc2)C1. The first-order chi connectivity index (χ1) is 14.6. The van der Waals surface area contributed by atoms with E-state index in [9.17, 15) is 4.79 Å². The molecule has 0 bridgehead atoms. The number of allylic oxidation sites excluding steroid dienone is 1. The van der Waals surface area contributed by atoms with E-state index in [1.165, 1.54) is 31.1 Å². The molecule has 30 heavy (non-hydrogen) atoms. The predicted octanol–water partition coefficient (Wildman–Crippen LogP) is 4.44. The van der Waals surface area contributed by atoms with E-state index < -0.39 is 37.5 Å². The number of nitrogens with zero attached hydrogens (tertiary/aromatic N) is 3. The first-order valence-electron chi connectivity index (χ1n) is 10.5. The van der Waals surface area contributed by atoms with Gasteiger partial charge in [-0.2, -0.15) is 0 Å². The zero-order valence-electron chi connectivity index (χ0n) is 17.3. The molecule has 5 nitrogen and oxygen atoms in total. The molecule has 0 unspecified atom stereocenters. The van der Waals surface area contributed by atoms with Crippen molar-refractivity contribution in [3.05, 3.63) is 69.7 Å². The molecule has 2 aliphatic rings. The number of benzene rings is 1. The molecule has 0 aliphatic carbocycles. The average Bonchev–Trinajstić information content (AvgIpc) is 2.73. The van der Waals surface area contributed by atoms with Crippen LogP contribution in [0.4, 0.5) is 0 Å². The molecule has 0 atom stereocenters. The molecule has 1 fully saturated rings. The van der Waals surface area contributed by atoms with Gasteiger partial charge in [0.1, 0.15) is 12.4 Å². The molecule has 2 aliphatic heterocycles.